The van der Waals surface area contributed by atoms with Crippen LogP contribution >= 0.6 is 0 Å². The molecule has 0 radical (unpaired) electrons. The topological polar surface area (TPSA) is 163 Å². The number of fused-ring (bicyclic) bond motifs is 1. The maximum atomic E-state index is 14.7. The van der Waals surface area contributed by atoms with Gasteiger partial charge in [0, 0.05) is 13.1 Å². The van der Waals surface area contributed by atoms with Crippen molar-refractivity contribution in [2.75, 3.05) is 13.1 Å². The van der Waals surface area contributed by atoms with E-state index >= 15 is 0 Å². The second kappa shape index (κ2) is 15.4. The Morgan fingerprint density at radius 1 is 0.962 bits per heavy atom. The Morgan fingerprint density at radius 3 is 2.21 bits per heavy atom. The van der Waals surface area contributed by atoms with Gasteiger partial charge in [0.15, 0.2) is 0 Å². The van der Waals surface area contributed by atoms with Gasteiger partial charge in [0.25, 0.3) is 5.91 Å². The lowest BCUT2D eigenvalue weighted by atomic mass is 9.70. The van der Waals surface area contributed by atoms with Gasteiger partial charge in [0.05, 0.1) is 6.04 Å². The van der Waals surface area contributed by atoms with Crippen LogP contribution in [0.5, 0.6) is 5.75 Å². The van der Waals surface area contributed by atoms with E-state index in [0.717, 1.165) is 32.1 Å². The van der Waals surface area contributed by atoms with Crippen molar-refractivity contribution in [3.8, 4) is 5.75 Å². The molecule has 0 aromatic heterocycles. The number of amides is 5. The van der Waals surface area contributed by atoms with Gasteiger partial charge >= 0.3 is 6.09 Å². The summed E-state index contributed by atoms with van der Waals surface area (Å²) in [5, 5.41) is 11.2. The molecule has 0 bridgehead atoms. The van der Waals surface area contributed by atoms with Crippen LogP contribution in [0.1, 0.15) is 92.9 Å². The molecule has 12 heteroatoms. The number of benzene rings is 1. The molecular weight excluding hydrogens is 662 g/mol. The highest BCUT2D eigenvalue weighted by Crippen LogP contribution is 2.65. The quantitative estimate of drug-likeness (QED) is 0.165. The summed E-state index contributed by atoms with van der Waals surface area (Å²) in [4.78, 5) is 83.8. The number of Topliss-reactive ketones (excluding diaryl/α,β-unsaturated/α-hetero) is 1. The summed E-state index contributed by atoms with van der Waals surface area (Å²) in [7, 11) is 0. The van der Waals surface area contributed by atoms with Crippen LogP contribution < -0.4 is 26.0 Å². The van der Waals surface area contributed by atoms with E-state index in [-0.39, 0.29) is 29.7 Å². The Hall–Kier alpha value is -4.22. The fourth-order valence-corrected chi connectivity index (χ4v) is 8.39. The standard InChI is InChI=1S/C40H57N5O7/c1-8-21-41-34(48)30(46)27(22-24-17-18-24)42-33(47)29-28-26(39(28,5)6)23-45(29)36(50)32(38(2,3)4)43-35(49)31(40(7)19-13-10-14-20-40)44-37(51)52-25-15-11-9-12-16-25/h8-9,11-12,15-16,24,26-29,31-32H,1,10,13-14,17-23H2,2-7H3,(H,41,48)(H,42,47)(H,43,49)(H,44,51)/t26-,27?,28-,29-,31+,32+/m0/s1. The van der Waals surface area contributed by atoms with Crippen LogP contribution in [0.2, 0.25) is 0 Å². The fourth-order valence-electron chi connectivity index (χ4n) is 8.39. The minimum absolute atomic E-state index is 0.0558. The van der Waals surface area contributed by atoms with Crippen molar-refractivity contribution in [2.45, 2.75) is 117 Å². The molecule has 12 nitrogen and oxygen atoms in total. The molecule has 5 amide bonds. The van der Waals surface area contributed by atoms with Crippen molar-refractivity contribution >= 4 is 35.5 Å². The third-order valence-corrected chi connectivity index (χ3v) is 11.9. The van der Waals surface area contributed by atoms with E-state index in [1.807, 2.05) is 33.8 Å². The first-order valence-corrected chi connectivity index (χ1v) is 18.9. The zero-order chi connectivity index (χ0) is 38.0. The molecule has 1 saturated heterocycles. The first-order chi connectivity index (χ1) is 24.5. The van der Waals surface area contributed by atoms with Gasteiger partial charge in [-0.3, -0.25) is 24.0 Å². The number of carbonyl (C=O) groups excluding carboxylic acids is 6. The predicted molar refractivity (Wildman–Crippen MR) is 196 cm³/mol. The fraction of sp³-hybridized carbons (Fsp3) is 0.650. The molecule has 0 spiro atoms. The summed E-state index contributed by atoms with van der Waals surface area (Å²) in [6, 6.07) is 4.70. The highest BCUT2D eigenvalue weighted by atomic mass is 16.6. The van der Waals surface area contributed by atoms with Crippen molar-refractivity contribution in [3.63, 3.8) is 0 Å². The summed E-state index contributed by atoms with van der Waals surface area (Å²) in [5.41, 5.74) is -1.56. The number of ketones is 1. The molecule has 4 fully saturated rings. The zero-order valence-electron chi connectivity index (χ0n) is 31.6. The Bertz CT molecular complexity index is 1540. The summed E-state index contributed by atoms with van der Waals surface area (Å²) in [6.45, 7) is 15.7. The normalized spacial score (nSPS) is 24.6. The molecule has 4 N–H and O–H groups in total. The first kappa shape index (κ1) is 39.0. The van der Waals surface area contributed by atoms with Crippen molar-refractivity contribution in [2.24, 2.45) is 34.0 Å². The average Bonchev–Trinajstić information content (AvgIpc) is 3.95. The molecule has 4 aliphatic rings. The number of piperidine rings is 1. The maximum Gasteiger partial charge on any atom is 0.413 e. The van der Waals surface area contributed by atoms with Crippen LogP contribution in [0.4, 0.5) is 4.79 Å². The second-order valence-corrected chi connectivity index (χ2v) is 17.3. The average molecular weight is 720 g/mol. The molecule has 6 atom stereocenters. The van der Waals surface area contributed by atoms with Gasteiger partial charge in [-0.15, -0.1) is 6.58 Å². The van der Waals surface area contributed by atoms with Crippen LogP contribution in [0, 0.1) is 34.0 Å². The highest BCUT2D eigenvalue weighted by molar-refractivity contribution is 6.38. The Kier molecular flexibility index (Phi) is 11.6. The van der Waals surface area contributed by atoms with Gasteiger partial charge < -0.3 is 30.9 Å². The minimum atomic E-state index is -1.04. The van der Waals surface area contributed by atoms with E-state index in [4.69, 9.17) is 4.74 Å². The minimum Gasteiger partial charge on any atom is -0.410 e. The molecule has 284 valence electrons. The van der Waals surface area contributed by atoms with Crippen molar-refractivity contribution in [3.05, 3.63) is 43.0 Å². The predicted octanol–water partition coefficient (Wildman–Crippen LogP) is 4.28. The van der Waals surface area contributed by atoms with E-state index in [0.29, 0.717) is 31.6 Å². The van der Waals surface area contributed by atoms with E-state index in [1.165, 1.54) is 6.08 Å². The Labute approximate surface area is 307 Å². The summed E-state index contributed by atoms with van der Waals surface area (Å²) >= 11 is 0. The number of nitrogens with zero attached hydrogens (tertiary/aromatic N) is 1. The molecule has 1 aromatic rings. The van der Waals surface area contributed by atoms with Crippen LogP contribution in [0.25, 0.3) is 0 Å². The summed E-state index contributed by atoms with van der Waals surface area (Å²) in [5.74, 6) is -2.38. The number of likely N-dealkylation sites (tertiary alicyclic amines) is 1. The molecule has 1 aliphatic heterocycles. The first-order valence-electron chi connectivity index (χ1n) is 18.9. The number of hydrogen-bond acceptors (Lipinski definition) is 7. The number of para-hydroxylation sites is 1. The van der Waals surface area contributed by atoms with Crippen LogP contribution in [0.15, 0.2) is 43.0 Å². The van der Waals surface area contributed by atoms with E-state index in [9.17, 15) is 28.8 Å². The van der Waals surface area contributed by atoms with Gasteiger partial charge in [-0.2, -0.15) is 0 Å². The molecule has 1 heterocycles. The summed E-state index contributed by atoms with van der Waals surface area (Å²) < 4.78 is 5.52. The summed E-state index contributed by atoms with van der Waals surface area (Å²) in [6.07, 6.45) is 7.18. The third-order valence-electron chi connectivity index (χ3n) is 11.9. The maximum absolute atomic E-state index is 14.7. The van der Waals surface area contributed by atoms with Crippen LogP contribution in [-0.2, 0) is 24.0 Å². The number of ether oxygens (including phenoxy) is 1. The SMILES string of the molecule is C=CCNC(=O)C(=O)C(CC1CC1)NC(=O)[C@@H]1[C@@H]2[C@H](CN1C(=O)[C@@H](NC(=O)[C@@H](NC(=O)Oc1ccccc1)C1(C)CCCCC1)C(C)(C)C)C2(C)C. The molecule has 3 saturated carbocycles. The molecule has 3 aliphatic carbocycles. The molecule has 5 rings (SSSR count). The lowest BCUT2D eigenvalue weighted by Crippen LogP contribution is -2.64. The van der Waals surface area contributed by atoms with Gasteiger partial charge in [0.1, 0.15) is 23.9 Å². The smallest absolute Gasteiger partial charge is 0.410 e. The monoisotopic (exact) mass is 719 g/mol. The molecule has 52 heavy (non-hydrogen) atoms. The lowest BCUT2D eigenvalue weighted by molar-refractivity contribution is -0.147. The zero-order valence-corrected chi connectivity index (χ0v) is 31.6. The van der Waals surface area contributed by atoms with Crippen LogP contribution in [-0.4, -0.2) is 77.7 Å². The Morgan fingerprint density at radius 2 is 1.62 bits per heavy atom. The van der Waals surface area contributed by atoms with Crippen LogP contribution in [0.3, 0.4) is 0 Å². The molecular formula is C40H57N5O7. The molecule has 1 aromatic carbocycles. The number of nitrogens with one attached hydrogen (secondary N) is 4. The van der Waals surface area contributed by atoms with E-state index < -0.39 is 70.5 Å². The largest absolute Gasteiger partial charge is 0.413 e. The van der Waals surface area contributed by atoms with Gasteiger partial charge in [0.2, 0.25) is 23.5 Å². The molecule has 1 unspecified atom stereocenters. The Balaban J connectivity index is 1.37. The van der Waals surface area contributed by atoms with Crippen molar-refractivity contribution < 1.29 is 33.5 Å². The highest BCUT2D eigenvalue weighted by Gasteiger charge is 2.70. The van der Waals surface area contributed by atoms with E-state index in [1.54, 1.807) is 29.2 Å². The lowest BCUT2D eigenvalue weighted by Gasteiger charge is -2.42. The van der Waals surface area contributed by atoms with Crippen molar-refractivity contribution in [1.82, 2.24) is 26.2 Å². The number of rotatable bonds is 14. The third kappa shape index (κ3) is 8.69. The number of hydrogen-bond donors (Lipinski definition) is 4. The van der Waals surface area contributed by atoms with Gasteiger partial charge in [-0.25, -0.2) is 4.79 Å². The van der Waals surface area contributed by atoms with Crippen molar-refractivity contribution in [1.29, 1.82) is 0 Å². The number of carbonyl (C=O) groups is 6. The van der Waals surface area contributed by atoms with E-state index in [2.05, 4.69) is 41.7 Å². The van der Waals surface area contributed by atoms with Gasteiger partial charge in [-0.1, -0.05) is 97.9 Å². The second-order valence-electron chi connectivity index (χ2n) is 17.3. The van der Waals surface area contributed by atoms with Gasteiger partial charge in [-0.05, 0) is 65.4 Å².